The van der Waals surface area contributed by atoms with Crippen molar-refractivity contribution < 1.29 is 0 Å². The van der Waals surface area contributed by atoms with Crippen LogP contribution in [0.3, 0.4) is 0 Å². The van der Waals surface area contributed by atoms with Crippen LogP contribution in [-0.2, 0) is 0 Å². The van der Waals surface area contributed by atoms with Crippen LogP contribution in [0.25, 0.3) is 0 Å². The first-order valence-electron chi connectivity index (χ1n) is 5.80. The molecule has 0 saturated carbocycles. The summed E-state index contributed by atoms with van der Waals surface area (Å²) in [5.74, 6) is 0. The van der Waals surface area contributed by atoms with Gasteiger partial charge in [-0.15, -0.1) is 0 Å². The van der Waals surface area contributed by atoms with Crippen LogP contribution in [0.15, 0.2) is 48.5 Å². The Morgan fingerprint density at radius 3 is 2.12 bits per heavy atom. The van der Waals surface area contributed by atoms with E-state index in [1.807, 2.05) is 30.3 Å². The molecule has 0 spiro atoms. The molecule has 2 rings (SSSR count). The van der Waals surface area contributed by atoms with Crippen molar-refractivity contribution in [1.82, 2.24) is 0 Å². The van der Waals surface area contributed by atoms with Crippen LogP contribution < -0.4 is 11.1 Å². The van der Waals surface area contributed by atoms with Gasteiger partial charge in [0.25, 0.3) is 0 Å². The Morgan fingerprint density at radius 2 is 1.53 bits per heavy atom. The molecule has 0 aliphatic heterocycles. The lowest BCUT2D eigenvalue weighted by atomic mass is 10.1. The minimum absolute atomic E-state index is 0.169. The summed E-state index contributed by atoms with van der Waals surface area (Å²) in [6.07, 6.45) is -0.169. The molecule has 2 aromatic rings. The van der Waals surface area contributed by atoms with Gasteiger partial charge in [-0.1, -0.05) is 36.4 Å². The lowest BCUT2D eigenvalue weighted by Gasteiger charge is -2.16. The molecule has 0 saturated heterocycles. The van der Waals surface area contributed by atoms with Crippen molar-refractivity contribution in [3.8, 4) is 0 Å². The summed E-state index contributed by atoms with van der Waals surface area (Å²) in [5.41, 5.74) is 10.8. The number of aryl methyl sites for hydroxylation is 2. The van der Waals surface area contributed by atoms with Gasteiger partial charge < -0.3 is 11.1 Å². The number of anilines is 1. The Labute approximate surface area is 102 Å². The van der Waals surface area contributed by atoms with Crippen LogP contribution in [0.5, 0.6) is 0 Å². The summed E-state index contributed by atoms with van der Waals surface area (Å²) in [6.45, 7) is 4.18. The lowest BCUT2D eigenvalue weighted by molar-refractivity contribution is 0.836. The number of nitrogens with two attached hydrogens (primary N) is 1. The third-order valence-corrected chi connectivity index (χ3v) is 2.70. The highest BCUT2D eigenvalue weighted by atomic mass is 15.0. The molecule has 88 valence electrons. The normalized spacial score (nSPS) is 12.2. The van der Waals surface area contributed by atoms with E-state index in [2.05, 4.69) is 37.4 Å². The van der Waals surface area contributed by atoms with Gasteiger partial charge >= 0.3 is 0 Å². The molecular formula is C15H18N2. The second-order valence-corrected chi connectivity index (χ2v) is 4.41. The zero-order valence-electron chi connectivity index (χ0n) is 10.3. The Morgan fingerprint density at radius 1 is 0.941 bits per heavy atom. The highest BCUT2D eigenvalue weighted by Gasteiger charge is 2.05. The van der Waals surface area contributed by atoms with E-state index in [0.717, 1.165) is 11.3 Å². The van der Waals surface area contributed by atoms with Crippen LogP contribution in [0.4, 0.5) is 5.69 Å². The molecule has 0 radical (unpaired) electrons. The van der Waals surface area contributed by atoms with Crippen LogP contribution in [-0.4, -0.2) is 0 Å². The predicted molar refractivity (Wildman–Crippen MR) is 72.9 cm³/mol. The van der Waals surface area contributed by atoms with E-state index < -0.39 is 0 Å². The molecule has 2 heteroatoms. The molecule has 2 aromatic carbocycles. The van der Waals surface area contributed by atoms with Gasteiger partial charge in [0.1, 0.15) is 6.17 Å². The summed E-state index contributed by atoms with van der Waals surface area (Å²) in [7, 11) is 0. The predicted octanol–water partition coefficient (Wildman–Crippen LogP) is 3.37. The first-order chi connectivity index (χ1) is 8.15. The Hall–Kier alpha value is -1.80. The zero-order chi connectivity index (χ0) is 12.3. The molecule has 0 fully saturated rings. The fourth-order valence-electron chi connectivity index (χ4n) is 1.98. The van der Waals surface area contributed by atoms with Crippen LogP contribution >= 0.6 is 0 Å². The van der Waals surface area contributed by atoms with Crippen molar-refractivity contribution in [2.75, 3.05) is 5.32 Å². The SMILES string of the molecule is Cc1cc(C)cc(N[C@H](N)c2ccccc2)c1. The van der Waals surface area contributed by atoms with Crippen molar-refractivity contribution in [2.24, 2.45) is 5.73 Å². The first kappa shape index (κ1) is 11.7. The van der Waals surface area contributed by atoms with Gasteiger partial charge in [-0.2, -0.15) is 0 Å². The minimum Gasteiger partial charge on any atom is -0.366 e. The Kier molecular flexibility index (Phi) is 3.45. The van der Waals surface area contributed by atoms with Gasteiger partial charge in [-0.3, -0.25) is 0 Å². The zero-order valence-corrected chi connectivity index (χ0v) is 10.3. The molecule has 0 aliphatic rings. The minimum atomic E-state index is -0.169. The van der Waals surface area contributed by atoms with E-state index >= 15 is 0 Å². The van der Waals surface area contributed by atoms with Crippen LogP contribution in [0, 0.1) is 13.8 Å². The molecule has 0 unspecified atom stereocenters. The van der Waals surface area contributed by atoms with Crippen molar-refractivity contribution in [2.45, 2.75) is 20.0 Å². The molecule has 17 heavy (non-hydrogen) atoms. The number of rotatable bonds is 3. The second kappa shape index (κ2) is 5.02. The average Bonchev–Trinajstić information content (AvgIpc) is 2.28. The average molecular weight is 226 g/mol. The maximum Gasteiger partial charge on any atom is 0.101 e. The lowest BCUT2D eigenvalue weighted by Crippen LogP contribution is -2.19. The molecule has 0 aromatic heterocycles. The van der Waals surface area contributed by atoms with Gasteiger partial charge in [0, 0.05) is 5.69 Å². The van der Waals surface area contributed by atoms with E-state index in [0.29, 0.717) is 0 Å². The number of hydrogen-bond acceptors (Lipinski definition) is 2. The number of nitrogens with one attached hydrogen (secondary N) is 1. The van der Waals surface area contributed by atoms with E-state index in [4.69, 9.17) is 5.73 Å². The smallest absolute Gasteiger partial charge is 0.101 e. The van der Waals surface area contributed by atoms with E-state index in [1.54, 1.807) is 0 Å². The van der Waals surface area contributed by atoms with Crippen LogP contribution in [0.1, 0.15) is 22.9 Å². The van der Waals surface area contributed by atoms with E-state index in [-0.39, 0.29) is 6.17 Å². The Bertz CT molecular complexity index is 471. The van der Waals surface area contributed by atoms with E-state index in [1.165, 1.54) is 11.1 Å². The Balaban J connectivity index is 2.16. The van der Waals surface area contributed by atoms with E-state index in [9.17, 15) is 0 Å². The monoisotopic (exact) mass is 226 g/mol. The maximum atomic E-state index is 6.12. The summed E-state index contributed by atoms with van der Waals surface area (Å²) in [4.78, 5) is 0. The van der Waals surface area contributed by atoms with Crippen molar-refractivity contribution >= 4 is 5.69 Å². The molecule has 1 atom stereocenters. The topological polar surface area (TPSA) is 38.0 Å². The van der Waals surface area contributed by atoms with Gasteiger partial charge in [0.2, 0.25) is 0 Å². The van der Waals surface area contributed by atoms with Crippen molar-refractivity contribution in [3.63, 3.8) is 0 Å². The third-order valence-electron chi connectivity index (χ3n) is 2.70. The highest BCUT2D eigenvalue weighted by Crippen LogP contribution is 2.18. The molecular weight excluding hydrogens is 208 g/mol. The third kappa shape index (κ3) is 3.08. The largest absolute Gasteiger partial charge is 0.366 e. The summed E-state index contributed by atoms with van der Waals surface area (Å²) >= 11 is 0. The first-order valence-corrected chi connectivity index (χ1v) is 5.80. The number of hydrogen-bond donors (Lipinski definition) is 2. The summed E-state index contributed by atoms with van der Waals surface area (Å²) in [5, 5.41) is 3.32. The molecule has 2 nitrogen and oxygen atoms in total. The quantitative estimate of drug-likeness (QED) is 0.787. The van der Waals surface area contributed by atoms with Crippen molar-refractivity contribution in [3.05, 3.63) is 65.2 Å². The summed E-state index contributed by atoms with van der Waals surface area (Å²) < 4.78 is 0. The molecule has 0 aliphatic carbocycles. The fraction of sp³-hybridized carbons (Fsp3) is 0.200. The fourth-order valence-corrected chi connectivity index (χ4v) is 1.98. The number of benzene rings is 2. The standard InChI is InChI=1S/C15H18N2/c1-11-8-12(2)10-14(9-11)17-15(16)13-6-4-3-5-7-13/h3-10,15,17H,16H2,1-2H3/t15-/m0/s1. The van der Waals surface area contributed by atoms with Gasteiger partial charge in [-0.05, 0) is 42.7 Å². The summed E-state index contributed by atoms with van der Waals surface area (Å²) in [6, 6.07) is 16.4. The van der Waals surface area contributed by atoms with Gasteiger partial charge in [-0.25, -0.2) is 0 Å². The van der Waals surface area contributed by atoms with Crippen LogP contribution in [0.2, 0.25) is 0 Å². The van der Waals surface area contributed by atoms with Crippen molar-refractivity contribution in [1.29, 1.82) is 0 Å². The molecule has 0 heterocycles. The maximum absolute atomic E-state index is 6.12. The van der Waals surface area contributed by atoms with Gasteiger partial charge in [0.15, 0.2) is 0 Å². The highest BCUT2D eigenvalue weighted by molar-refractivity contribution is 5.49. The van der Waals surface area contributed by atoms with Gasteiger partial charge in [0.05, 0.1) is 0 Å². The molecule has 0 amide bonds. The second-order valence-electron chi connectivity index (χ2n) is 4.41. The molecule has 3 N–H and O–H groups in total. The molecule has 0 bridgehead atoms.